The number of nitrogens with two attached hydrogens (primary N) is 1. The van der Waals surface area contributed by atoms with Crippen molar-refractivity contribution >= 4 is 0 Å². The molecule has 2 aromatic rings. The van der Waals surface area contributed by atoms with Crippen LogP contribution in [0.2, 0.25) is 0 Å². The molecule has 2 aromatic carbocycles. The van der Waals surface area contributed by atoms with Crippen LogP contribution < -0.4 is 10.5 Å². The van der Waals surface area contributed by atoms with Crippen molar-refractivity contribution in [1.29, 1.82) is 0 Å². The van der Waals surface area contributed by atoms with Crippen molar-refractivity contribution in [1.82, 2.24) is 0 Å². The third-order valence-electron chi connectivity index (χ3n) is 2.75. The SMILES string of the molecule is NCc1cc(-c2ccc(F)cc2F)ccc1OC(F)(F)F. The maximum absolute atomic E-state index is 13.7. The molecule has 0 spiro atoms. The van der Waals surface area contributed by atoms with E-state index in [1.807, 2.05) is 0 Å². The molecular weight excluding hydrogens is 293 g/mol. The first kappa shape index (κ1) is 15.2. The highest BCUT2D eigenvalue weighted by Gasteiger charge is 2.32. The topological polar surface area (TPSA) is 35.2 Å². The van der Waals surface area contributed by atoms with Gasteiger partial charge in [-0.15, -0.1) is 13.2 Å². The molecule has 0 radical (unpaired) electrons. The van der Waals surface area contributed by atoms with Gasteiger partial charge in [0, 0.05) is 23.7 Å². The van der Waals surface area contributed by atoms with Crippen LogP contribution in [-0.4, -0.2) is 6.36 Å². The van der Waals surface area contributed by atoms with Crippen LogP contribution in [0.5, 0.6) is 5.75 Å². The van der Waals surface area contributed by atoms with Crippen LogP contribution in [0, 0.1) is 11.6 Å². The molecule has 0 saturated heterocycles. The normalized spacial score (nSPS) is 11.5. The summed E-state index contributed by atoms with van der Waals surface area (Å²) in [5.41, 5.74) is 5.78. The van der Waals surface area contributed by atoms with Crippen LogP contribution in [0.3, 0.4) is 0 Å². The number of hydrogen-bond acceptors (Lipinski definition) is 2. The maximum Gasteiger partial charge on any atom is 0.573 e. The Bertz CT molecular complexity index is 654. The summed E-state index contributed by atoms with van der Waals surface area (Å²) in [7, 11) is 0. The monoisotopic (exact) mass is 303 g/mol. The first-order valence-electron chi connectivity index (χ1n) is 5.84. The van der Waals surface area contributed by atoms with Crippen LogP contribution in [0.15, 0.2) is 36.4 Å². The lowest BCUT2D eigenvalue weighted by Gasteiger charge is -2.14. The largest absolute Gasteiger partial charge is 0.573 e. The second kappa shape index (κ2) is 5.69. The maximum atomic E-state index is 13.7. The van der Waals surface area contributed by atoms with Gasteiger partial charge in [0.25, 0.3) is 0 Å². The van der Waals surface area contributed by atoms with Gasteiger partial charge in [-0.05, 0) is 29.8 Å². The van der Waals surface area contributed by atoms with E-state index in [2.05, 4.69) is 4.74 Å². The van der Waals surface area contributed by atoms with E-state index in [4.69, 9.17) is 5.73 Å². The fraction of sp³-hybridized carbons (Fsp3) is 0.143. The Labute approximate surface area is 116 Å². The van der Waals surface area contributed by atoms with E-state index in [1.54, 1.807) is 0 Å². The minimum Gasteiger partial charge on any atom is -0.405 e. The van der Waals surface area contributed by atoms with Crippen molar-refractivity contribution < 1.29 is 26.7 Å². The summed E-state index contributed by atoms with van der Waals surface area (Å²) < 4.78 is 67.0. The molecule has 21 heavy (non-hydrogen) atoms. The Kier molecular flexibility index (Phi) is 4.13. The molecule has 2 rings (SSSR count). The van der Waals surface area contributed by atoms with Gasteiger partial charge in [-0.2, -0.15) is 0 Å². The fourth-order valence-corrected chi connectivity index (χ4v) is 1.85. The quantitative estimate of drug-likeness (QED) is 0.870. The van der Waals surface area contributed by atoms with Crippen LogP contribution in [-0.2, 0) is 6.54 Å². The summed E-state index contributed by atoms with van der Waals surface area (Å²) in [6.07, 6.45) is -4.84. The number of ether oxygens (including phenoxy) is 1. The number of hydrogen-bond donors (Lipinski definition) is 1. The minimum atomic E-state index is -4.84. The van der Waals surface area contributed by atoms with Gasteiger partial charge in [0.05, 0.1) is 0 Å². The molecule has 0 aliphatic heterocycles. The number of rotatable bonds is 3. The van der Waals surface area contributed by atoms with Crippen molar-refractivity contribution in [3.05, 3.63) is 53.6 Å². The molecule has 0 aromatic heterocycles. The van der Waals surface area contributed by atoms with E-state index >= 15 is 0 Å². The zero-order valence-corrected chi connectivity index (χ0v) is 10.5. The molecule has 112 valence electrons. The number of alkyl halides is 3. The van der Waals surface area contributed by atoms with Gasteiger partial charge in [-0.25, -0.2) is 8.78 Å². The number of halogens is 5. The van der Waals surface area contributed by atoms with Crippen LogP contribution in [0.1, 0.15) is 5.56 Å². The Hall–Kier alpha value is -2.15. The van der Waals surface area contributed by atoms with Gasteiger partial charge < -0.3 is 10.5 Å². The first-order chi connectivity index (χ1) is 9.80. The lowest BCUT2D eigenvalue weighted by molar-refractivity contribution is -0.274. The van der Waals surface area contributed by atoms with Gasteiger partial charge >= 0.3 is 6.36 Å². The van der Waals surface area contributed by atoms with Crippen LogP contribution >= 0.6 is 0 Å². The summed E-state index contributed by atoms with van der Waals surface area (Å²) in [4.78, 5) is 0. The van der Waals surface area contributed by atoms with Crippen molar-refractivity contribution in [3.8, 4) is 16.9 Å². The lowest BCUT2D eigenvalue weighted by Crippen LogP contribution is -2.18. The highest BCUT2D eigenvalue weighted by atomic mass is 19.4. The predicted molar refractivity (Wildman–Crippen MR) is 66.4 cm³/mol. The van der Waals surface area contributed by atoms with Gasteiger partial charge in [0.1, 0.15) is 17.4 Å². The average molecular weight is 303 g/mol. The third kappa shape index (κ3) is 3.69. The summed E-state index contributed by atoms with van der Waals surface area (Å²) in [5, 5.41) is 0. The molecule has 2 N–H and O–H groups in total. The molecule has 0 bridgehead atoms. The molecule has 0 heterocycles. The molecule has 0 fully saturated rings. The van der Waals surface area contributed by atoms with Crippen molar-refractivity contribution in [2.75, 3.05) is 0 Å². The molecule has 0 atom stereocenters. The molecular formula is C14H10F5NO. The van der Waals surface area contributed by atoms with E-state index in [-0.39, 0.29) is 23.2 Å². The second-order valence-corrected chi connectivity index (χ2v) is 4.20. The molecule has 0 aliphatic rings. The summed E-state index contributed by atoms with van der Waals surface area (Å²) >= 11 is 0. The Morgan fingerprint density at radius 2 is 1.71 bits per heavy atom. The summed E-state index contributed by atoms with van der Waals surface area (Å²) in [5.74, 6) is -2.01. The summed E-state index contributed by atoms with van der Waals surface area (Å²) in [6.45, 7) is -0.220. The predicted octanol–water partition coefficient (Wildman–Crippen LogP) is 3.99. The minimum absolute atomic E-state index is 0.0599. The first-order valence-corrected chi connectivity index (χ1v) is 5.84. The highest BCUT2D eigenvalue weighted by Crippen LogP contribution is 2.31. The molecule has 0 aliphatic carbocycles. The Morgan fingerprint density at radius 1 is 1.00 bits per heavy atom. The van der Waals surface area contributed by atoms with Crippen LogP contribution in [0.25, 0.3) is 11.1 Å². The van der Waals surface area contributed by atoms with E-state index in [1.165, 1.54) is 18.2 Å². The van der Waals surface area contributed by atoms with E-state index in [9.17, 15) is 22.0 Å². The zero-order valence-electron chi connectivity index (χ0n) is 10.5. The molecule has 0 saturated carbocycles. The highest BCUT2D eigenvalue weighted by molar-refractivity contribution is 5.66. The van der Waals surface area contributed by atoms with E-state index in [0.29, 0.717) is 6.07 Å². The second-order valence-electron chi connectivity index (χ2n) is 4.20. The van der Waals surface area contributed by atoms with Gasteiger partial charge in [-0.1, -0.05) is 6.07 Å². The smallest absolute Gasteiger partial charge is 0.405 e. The average Bonchev–Trinajstić information content (AvgIpc) is 2.38. The van der Waals surface area contributed by atoms with E-state index < -0.39 is 23.7 Å². The molecule has 2 nitrogen and oxygen atoms in total. The molecule has 7 heteroatoms. The van der Waals surface area contributed by atoms with Gasteiger partial charge in [-0.3, -0.25) is 0 Å². The molecule has 0 unspecified atom stereocenters. The molecule has 0 amide bonds. The van der Waals surface area contributed by atoms with Crippen molar-refractivity contribution in [2.24, 2.45) is 5.73 Å². The van der Waals surface area contributed by atoms with Crippen molar-refractivity contribution in [2.45, 2.75) is 12.9 Å². The van der Waals surface area contributed by atoms with Gasteiger partial charge in [0.15, 0.2) is 0 Å². The lowest BCUT2D eigenvalue weighted by atomic mass is 10.0. The fourth-order valence-electron chi connectivity index (χ4n) is 1.85. The standard InChI is InChI=1S/C14H10F5NO/c15-10-2-3-11(12(16)6-10)8-1-4-13(9(5-8)7-20)21-14(17,18)19/h1-6H,7,20H2. The third-order valence-corrected chi connectivity index (χ3v) is 2.75. The Morgan fingerprint density at radius 3 is 2.29 bits per heavy atom. The van der Waals surface area contributed by atoms with Crippen molar-refractivity contribution in [3.63, 3.8) is 0 Å². The van der Waals surface area contributed by atoms with Crippen LogP contribution in [0.4, 0.5) is 22.0 Å². The number of benzene rings is 2. The summed E-state index contributed by atoms with van der Waals surface area (Å²) in [6, 6.07) is 6.52. The van der Waals surface area contributed by atoms with E-state index in [0.717, 1.165) is 12.1 Å². The zero-order chi connectivity index (χ0) is 15.6. The van der Waals surface area contributed by atoms with Gasteiger partial charge in [0.2, 0.25) is 0 Å². The Balaban J connectivity index is 2.43.